The number of piperidine rings is 3. The molecule has 2 bridgehead atoms. The van der Waals surface area contributed by atoms with E-state index in [0.717, 1.165) is 29.9 Å². The summed E-state index contributed by atoms with van der Waals surface area (Å²) in [7, 11) is 0. The van der Waals surface area contributed by atoms with Gasteiger partial charge in [-0.15, -0.1) is 0 Å². The number of hydrogen-bond donors (Lipinski definition) is 1. The second-order valence-electron chi connectivity index (χ2n) is 6.72. The highest BCUT2D eigenvalue weighted by molar-refractivity contribution is 5.88. The normalized spacial score (nSPS) is 37.5. The summed E-state index contributed by atoms with van der Waals surface area (Å²) in [6, 6.07) is 3.83. The maximum Gasteiger partial charge on any atom is 0.186 e. The maximum absolute atomic E-state index is 6.32. The van der Waals surface area contributed by atoms with E-state index in [9.17, 15) is 0 Å². The monoisotopic (exact) mass is 300 g/mol. The standard InChI is InChI=1S/C16H20N4O2/c17-15-20(14-12-4-8-21-13(12)1-5-18-14)10-16(22-15)9-19-6-2-11(16)3-7-19/h1,4-5,8,11,15H,2-3,6-7,9-10,17H2. The Balaban J connectivity index is 1.53. The number of furan rings is 1. The summed E-state index contributed by atoms with van der Waals surface area (Å²) < 4.78 is 11.8. The van der Waals surface area contributed by atoms with Gasteiger partial charge in [0.25, 0.3) is 0 Å². The quantitative estimate of drug-likeness (QED) is 0.858. The summed E-state index contributed by atoms with van der Waals surface area (Å²) in [5.41, 5.74) is 7.03. The average molecular weight is 300 g/mol. The molecule has 0 radical (unpaired) electrons. The van der Waals surface area contributed by atoms with Crippen LogP contribution in [0.2, 0.25) is 0 Å². The van der Waals surface area contributed by atoms with Gasteiger partial charge in [-0.3, -0.25) is 5.73 Å². The topological polar surface area (TPSA) is 67.8 Å². The number of anilines is 1. The summed E-state index contributed by atoms with van der Waals surface area (Å²) in [6.45, 7) is 4.19. The molecule has 4 saturated heterocycles. The predicted octanol–water partition coefficient (Wildman–Crippen LogP) is 1.37. The Bertz CT molecular complexity index is 709. The molecule has 6 heterocycles. The van der Waals surface area contributed by atoms with Crippen LogP contribution in [0.1, 0.15) is 12.8 Å². The molecule has 1 spiro atoms. The number of aromatic nitrogens is 1. The van der Waals surface area contributed by atoms with Gasteiger partial charge >= 0.3 is 0 Å². The number of pyridine rings is 1. The van der Waals surface area contributed by atoms with E-state index in [0.29, 0.717) is 5.92 Å². The van der Waals surface area contributed by atoms with E-state index in [1.54, 1.807) is 12.5 Å². The van der Waals surface area contributed by atoms with Crippen molar-refractivity contribution in [3.63, 3.8) is 0 Å². The van der Waals surface area contributed by atoms with E-state index >= 15 is 0 Å². The van der Waals surface area contributed by atoms with E-state index in [-0.39, 0.29) is 5.60 Å². The van der Waals surface area contributed by atoms with Crippen LogP contribution in [-0.4, -0.2) is 48.0 Å². The largest absolute Gasteiger partial charge is 0.464 e. The van der Waals surface area contributed by atoms with Crippen molar-refractivity contribution in [2.75, 3.05) is 31.1 Å². The highest BCUT2D eigenvalue weighted by Gasteiger charge is 2.54. The fourth-order valence-electron chi connectivity index (χ4n) is 4.46. The molecule has 2 aromatic rings. The summed E-state index contributed by atoms with van der Waals surface area (Å²) in [5.74, 6) is 1.48. The Kier molecular flexibility index (Phi) is 2.60. The molecule has 0 aliphatic carbocycles. The van der Waals surface area contributed by atoms with Crippen LogP contribution in [0.4, 0.5) is 5.82 Å². The summed E-state index contributed by atoms with van der Waals surface area (Å²) in [5, 5.41) is 1.000. The zero-order valence-electron chi connectivity index (χ0n) is 12.4. The second kappa shape index (κ2) is 4.44. The first kappa shape index (κ1) is 12.9. The van der Waals surface area contributed by atoms with Crippen molar-refractivity contribution < 1.29 is 9.15 Å². The zero-order chi connectivity index (χ0) is 14.7. The molecule has 6 rings (SSSR count). The van der Waals surface area contributed by atoms with Gasteiger partial charge in [0.1, 0.15) is 17.0 Å². The number of hydrogen-bond acceptors (Lipinski definition) is 6. The molecule has 2 atom stereocenters. The third-order valence-corrected chi connectivity index (χ3v) is 5.55. The molecule has 6 nitrogen and oxygen atoms in total. The molecular weight excluding hydrogens is 280 g/mol. The molecule has 22 heavy (non-hydrogen) atoms. The molecule has 2 aromatic heterocycles. The maximum atomic E-state index is 6.32. The molecule has 2 N–H and O–H groups in total. The van der Waals surface area contributed by atoms with Crippen molar-refractivity contribution in [2.24, 2.45) is 11.7 Å². The molecule has 4 aliphatic rings. The van der Waals surface area contributed by atoms with Gasteiger partial charge in [-0.2, -0.15) is 0 Å². The molecule has 6 heteroatoms. The minimum absolute atomic E-state index is 0.135. The van der Waals surface area contributed by atoms with Crippen molar-refractivity contribution in [2.45, 2.75) is 24.8 Å². The Morgan fingerprint density at radius 2 is 2.09 bits per heavy atom. The fourth-order valence-corrected chi connectivity index (χ4v) is 4.46. The third-order valence-electron chi connectivity index (χ3n) is 5.55. The first-order valence-corrected chi connectivity index (χ1v) is 8.00. The van der Waals surface area contributed by atoms with E-state index in [4.69, 9.17) is 14.9 Å². The lowest BCUT2D eigenvalue weighted by atomic mass is 9.75. The van der Waals surface area contributed by atoms with Crippen molar-refractivity contribution in [3.05, 3.63) is 24.6 Å². The van der Waals surface area contributed by atoms with Gasteiger partial charge in [0, 0.05) is 12.7 Å². The Morgan fingerprint density at radius 3 is 2.86 bits per heavy atom. The predicted molar refractivity (Wildman–Crippen MR) is 82.3 cm³/mol. The van der Waals surface area contributed by atoms with Crippen LogP contribution in [0.25, 0.3) is 11.0 Å². The lowest BCUT2D eigenvalue weighted by molar-refractivity contribution is -0.137. The van der Waals surface area contributed by atoms with Gasteiger partial charge < -0.3 is 19.0 Å². The lowest BCUT2D eigenvalue weighted by Gasteiger charge is -2.50. The van der Waals surface area contributed by atoms with Crippen LogP contribution in [0.15, 0.2) is 29.0 Å². The van der Waals surface area contributed by atoms with Crippen molar-refractivity contribution in [3.8, 4) is 0 Å². The minimum Gasteiger partial charge on any atom is -0.464 e. The van der Waals surface area contributed by atoms with Crippen LogP contribution in [0.3, 0.4) is 0 Å². The minimum atomic E-state index is -0.437. The first-order valence-electron chi connectivity index (χ1n) is 8.00. The molecule has 4 aliphatic heterocycles. The van der Waals surface area contributed by atoms with E-state index in [1.165, 1.54) is 25.9 Å². The van der Waals surface area contributed by atoms with E-state index < -0.39 is 6.35 Å². The van der Waals surface area contributed by atoms with Crippen LogP contribution in [-0.2, 0) is 4.74 Å². The molecule has 2 unspecified atom stereocenters. The van der Waals surface area contributed by atoms with Crippen molar-refractivity contribution in [1.29, 1.82) is 0 Å². The smallest absolute Gasteiger partial charge is 0.186 e. The number of fused-ring (bicyclic) bond motifs is 3. The Morgan fingerprint density at radius 1 is 1.23 bits per heavy atom. The lowest BCUT2D eigenvalue weighted by Crippen LogP contribution is -2.61. The van der Waals surface area contributed by atoms with Gasteiger partial charge in [-0.05, 0) is 44.0 Å². The van der Waals surface area contributed by atoms with Crippen LogP contribution in [0, 0.1) is 5.92 Å². The van der Waals surface area contributed by atoms with Gasteiger partial charge in [0.2, 0.25) is 0 Å². The number of ether oxygens (including phenoxy) is 1. The second-order valence-corrected chi connectivity index (χ2v) is 6.72. The molecule has 116 valence electrons. The van der Waals surface area contributed by atoms with E-state index in [2.05, 4.69) is 14.8 Å². The average Bonchev–Trinajstić information content (AvgIpc) is 3.13. The number of nitrogens with two attached hydrogens (primary N) is 1. The SMILES string of the molecule is NC1OC2(CN3CCC2CC3)CN1c1nccc2occc12. The number of rotatable bonds is 1. The molecule has 0 aromatic carbocycles. The van der Waals surface area contributed by atoms with Gasteiger partial charge in [0.05, 0.1) is 18.2 Å². The van der Waals surface area contributed by atoms with Crippen molar-refractivity contribution in [1.82, 2.24) is 9.88 Å². The molecule has 0 saturated carbocycles. The third kappa shape index (κ3) is 1.68. The molecule has 0 amide bonds. The summed E-state index contributed by atoms with van der Waals surface area (Å²) in [4.78, 5) is 9.14. The van der Waals surface area contributed by atoms with Gasteiger partial charge in [-0.25, -0.2) is 4.98 Å². The molecule has 4 fully saturated rings. The number of nitrogens with zero attached hydrogens (tertiary/aromatic N) is 3. The highest BCUT2D eigenvalue weighted by atomic mass is 16.6. The van der Waals surface area contributed by atoms with Gasteiger partial charge in [-0.1, -0.05) is 0 Å². The first-order chi connectivity index (χ1) is 10.8. The molecular formula is C16H20N4O2. The van der Waals surface area contributed by atoms with Crippen LogP contribution in [0.5, 0.6) is 0 Å². The highest BCUT2D eigenvalue weighted by Crippen LogP contribution is 2.44. The summed E-state index contributed by atoms with van der Waals surface area (Å²) >= 11 is 0. The Labute approximate surface area is 128 Å². The van der Waals surface area contributed by atoms with Crippen LogP contribution >= 0.6 is 0 Å². The summed E-state index contributed by atoms with van der Waals surface area (Å²) in [6.07, 6.45) is 5.46. The van der Waals surface area contributed by atoms with E-state index in [1.807, 2.05) is 12.1 Å². The zero-order valence-corrected chi connectivity index (χ0v) is 12.4. The Hall–Kier alpha value is -1.63. The fraction of sp³-hybridized carbons (Fsp3) is 0.562. The van der Waals surface area contributed by atoms with Gasteiger partial charge in [0.15, 0.2) is 6.35 Å². The van der Waals surface area contributed by atoms with Crippen LogP contribution < -0.4 is 10.6 Å². The van der Waals surface area contributed by atoms with Crippen molar-refractivity contribution >= 4 is 16.8 Å².